The SMILES string of the molecule is Fc1ccc(OCC2CCOCC2)c(C2CCN([C@@H]3COC4(CNC4)C3)CC2)c1. The Balaban J connectivity index is 1.19. The molecule has 1 atom stereocenters. The van der Waals surface area contributed by atoms with Crippen molar-refractivity contribution in [3.05, 3.63) is 29.6 Å². The zero-order chi connectivity index (χ0) is 19.7. The van der Waals surface area contributed by atoms with Crippen molar-refractivity contribution < 1.29 is 18.6 Å². The van der Waals surface area contributed by atoms with Crippen LogP contribution >= 0.6 is 0 Å². The summed E-state index contributed by atoms with van der Waals surface area (Å²) in [6, 6.07) is 5.59. The molecule has 0 unspecified atom stereocenters. The third kappa shape index (κ3) is 4.31. The van der Waals surface area contributed by atoms with Gasteiger partial charge in [-0.3, -0.25) is 4.90 Å². The standard InChI is InChI=1S/C23H33FN2O3/c24-19-1-2-22(28-13-17-5-9-27-10-6-17)21(11-19)18-3-7-26(8-4-18)20-12-23(29-14-20)15-25-16-23/h1-2,11,17-18,20,25H,3-10,12-16H2/t20-/m0/s1. The van der Waals surface area contributed by atoms with Crippen LogP contribution < -0.4 is 10.1 Å². The number of ether oxygens (including phenoxy) is 3. The van der Waals surface area contributed by atoms with Gasteiger partial charge < -0.3 is 19.5 Å². The molecule has 1 aromatic carbocycles. The van der Waals surface area contributed by atoms with Gasteiger partial charge in [0.25, 0.3) is 0 Å². The maximum Gasteiger partial charge on any atom is 0.123 e. The highest BCUT2D eigenvalue weighted by Crippen LogP contribution is 2.38. The molecule has 0 aromatic heterocycles. The third-order valence-corrected chi connectivity index (χ3v) is 7.36. The lowest BCUT2D eigenvalue weighted by atomic mass is 9.86. The summed E-state index contributed by atoms with van der Waals surface area (Å²) in [4.78, 5) is 2.59. The summed E-state index contributed by atoms with van der Waals surface area (Å²) in [6.45, 7) is 7.31. The Morgan fingerprint density at radius 2 is 1.93 bits per heavy atom. The monoisotopic (exact) mass is 404 g/mol. The van der Waals surface area contributed by atoms with Crippen LogP contribution in [0.1, 0.15) is 43.6 Å². The van der Waals surface area contributed by atoms with Crippen molar-refractivity contribution in [3.8, 4) is 5.75 Å². The lowest BCUT2D eigenvalue weighted by Gasteiger charge is -2.40. The lowest BCUT2D eigenvalue weighted by Crippen LogP contribution is -2.59. The topological polar surface area (TPSA) is 43.0 Å². The maximum atomic E-state index is 14.0. The summed E-state index contributed by atoms with van der Waals surface area (Å²) >= 11 is 0. The van der Waals surface area contributed by atoms with Crippen LogP contribution in [0.5, 0.6) is 5.75 Å². The molecular weight excluding hydrogens is 371 g/mol. The van der Waals surface area contributed by atoms with Gasteiger partial charge in [-0.25, -0.2) is 4.39 Å². The van der Waals surface area contributed by atoms with E-state index >= 15 is 0 Å². The lowest BCUT2D eigenvalue weighted by molar-refractivity contribution is -0.0367. The molecule has 4 fully saturated rings. The van der Waals surface area contributed by atoms with E-state index in [2.05, 4.69) is 10.2 Å². The van der Waals surface area contributed by atoms with Crippen LogP contribution in [0.2, 0.25) is 0 Å². The number of piperidine rings is 1. The van der Waals surface area contributed by atoms with Crippen LogP contribution in [0.15, 0.2) is 18.2 Å². The van der Waals surface area contributed by atoms with Crippen LogP contribution in [0.4, 0.5) is 4.39 Å². The summed E-state index contributed by atoms with van der Waals surface area (Å²) in [7, 11) is 0. The van der Waals surface area contributed by atoms with E-state index in [4.69, 9.17) is 14.2 Å². The minimum absolute atomic E-state index is 0.106. The van der Waals surface area contributed by atoms with E-state index < -0.39 is 0 Å². The van der Waals surface area contributed by atoms with Crippen LogP contribution in [0.3, 0.4) is 0 Å². The largest absolute Gasteiger partial charge is 0.493 e. The zero-order valence-corrected chi connectivity index (χ0v) is 17.2. The second-order valence-corrected chi connectivity index (χ2v) is 9.31. The minimum atomic E-state index is -0.163. The van der Waals surface area contributed by atoms with E-state index in [0.29, 0.717) is 24.5 Å². The van der Waals surface area contributed by atoms with Gasteiger partial charge in [-0.2, -0.15) is 0 Å². The normalized spacial score (nSPS) is 28.5. The first-order valence-electron chi connectivity index (χ1n) is 11.3. The number of nitrogens with one attached hydrogen (secondary N) is 1. The van der Waals surface area contributed by atoms with Crippen molar-refractivity contribution in [2.45, 2.75) is 49.7 Å². The number of halogens is 1. The summed E-state index contributed by atoms with van der Waals surface area (Å²) in [5.74, 6) is 1.62. The van der Waals surface area contributed by atoms with E-state index in [-0.39, 0.29) is 11.4 Å². The van der Waals surface area contributed by atoms with Gasteiger partial charge in [0.2, 0.25) is 0 Å². The number of nitrogens with zero attached hydrogens (tertiary/aromatic N) is 1. The van der Waals surface area contributed by atoms with Crippen molar-refractivity contribution in [2.75, 3.05) is 52.6 Å². The average Bonchev–Trinajstić information content (AvgIpc) is 3.20. The smallest absolute Gasteiger partial charge is 0.123 e. The first-order chi connectivity index (χ1) is 14.2. The molecule has 1 N–H and O–H groups in total. The fraction of sp³-hybridized carbons (Fsp3) is 0.739. The van der Waals surface area contributed by atoms with E-state index in [0.717, 1.165) is 89.4 Å². The summed E-state index contributed by atoms with van der Waals surface area (Å²) < 4.78 is 31.8. The Bertz CT molecular complexity index is 697. The molecule has 160 valence electrons. The number of likely N-dealkylation sites (tertiary alicyclic amines) is 1. The van der Waals surface area contributed by atoms with Gasteiger partial charge in [0.1, 0.15) is 11.6 Å². The van der Waals surface area contributed by atoms with Gasteiger partial charge in [0.05, 0.1) is 18.8 Å². The van der Waals surface area contributed by atoms with E-state index in [1.165, 1.54) is 6.07 Å². The van der Waals surface area contributed by atoms with Gasteiger partial charge in [-0.15, -0.1) is 0 Å². The Morgan fingerprint density at radius 1 is 1.14 bits per heavy atom. The molecule has 0 saturated carbocycles. The number of hydrogen-bond acceptors (Lipinski definition) is 5. The minimum Gasteiger partial charge on any atom is -0.493 e. The van der Waals surface area contributed by atoms with Crippen molar-refractivity contribution in [2.24, 2.45) is 5.92 Å². The molecule has 4 saturated heterocycles. The molecule has 0 aliphatic carbocycles. The van der Waals surface area contributed by atoms with Crippen molar-refractivity contribution in [1.82, 2.24) is 10.2 Å². The maximum absolute atomic E-state index is 14.0. The quantitative estimate of drug-likeness (QED) is 0.817. The Kier molecular flexibility index (Phi) is 5.78. The second-order valence-electron chi connectivity index (χ2n) is 9.31. The molecule has 4 aliphatic heterocycles. The summed E-state index contributed by atoms with van der Waals surface area (Å²) in [5.41, 5.74) is 1.16. The number of rotatable bonds is 5. The zero-order valence-electron chi connectivity index (χ0n) is 17.2. The van der Waals surface area contributed by atoms with Crippen LogP contribution in [-0.4, -0.2) is 69.1 Å². The molecule has 6 heteroatoms. The van der Waals surface area contributed by atoms with Crippen molar-refractivity contribution in [3.63, 3.8) is 0 Å². The molecule has 5 rings (SSSR count). The Morgan fingerprint density at radius 3 is 2.62 bits per heavy atom. The highest BCUT2D eigenvalue weighted by atomic mass is 19.1. The number of benzene rings is 1. The highest BCUT2D eigenvalue weighted by Gasteiger charge is 2.47. The second kappa shape index (κ2) is 8.50. The Hall–Kier alpha value is -1.21. The van der Waals surface area contributed by atoms with Gasteiger partial charge in [-0.05, 0) is 75.2 Å². The fourth-order valence-corrected chi connectivity index (χ4v) is 5.37. The predicted octanol–water partition coefficient (Wildman–Crippen LogP) is 2.94. The van der Waals surface area contributed by atoms with Crippen molar-refractivity contribution >= 4 is 0 Å². The first kappa shape index (κ1) is 19.7. The molecule has 4 aliphatic rings. The molecule has 5 nitrogen and oxygen atoms in total. The predicted molar refractivity (Wildman–Crippen MR) is 109 cm³/mol. The van der Waals surface area contributed by atoms with Gasteiger partial charge >= 0.3 is 0 Å². The molecule has 4 heterocycles. The highest BCUT2D eigenvalue weighted by molar-refractivity contribution is 5.37. The first-order valence-corrected chi connectivity index (χ1v) is 11.3. The van der Waals surface area contributed by atoms with Gasteiger partial charge in [-0.1, -0.05) is 0 Å². The average molecular weight is 405 g/mol. The van der Waals surface area contributed by atoms with Crippen LogP contribution in [0, 0.1) is 11.7 Å². The fourth-order valence-electron chi connectivity index (χ4n) is 5.37. The van der Waals surface area contributed by atoms with Gasteiger partial charge in [0.15, 0.2) is 0 Å². The molecule has 0 amide bonds. The summed E-state index contributed by atoms with van der Waals surface area (Å²) in [5, 5.41) is 3.34. The van der Waals surface area contributed by atoms with Crippen LogP contribution in [0.25, 0.3) is 0 Å². The molecular formula is C23H33FN2O3. The third-order valence-electron chi connectivity index (χ3n) is 7.36. The van der Waals surface area contributed by atoms with Crippen molar-refractivity contribution in [1.29, 1.82) is 0 Å². The number of hydrogen-bond donors (Lipinski definition) is 1. The van der Waals surface area contributed by atoms with E-state index in [9.17, 15) is 4.39 Å². The molecule has 29 heavy (non-hydrogen) atoms. The Labute approximate surface area is 172 Å². The van der Waals surface area contributed by atoms with E-state index in [1.807, 2.05) is 6.07 Å². The summed E-state index contributed by atoms with van der Waals surface area (Å²) in [6.07, 6.45) is 5.35. The molecule has 0 bridgehead atoms. The molecule has 1 spiro atoms. The van der Waals surface area contributed by atoms with Gasteiger partial charge in [0, 0.05) is 37.9 Å². The molecule has 1 aromatic rings. The van der Waals surface area contributed by atoms with Crippen LogP contribution in [-0.2, 0) is 9.47 Å². The van der Waals surface area contributed by atoms with E-state index in [1.54, 1.807) is 6.07 Å². The molecule has 0 radical (unpaired) electrons.